The number of aromatic amines is 1. The molecule has 2 amide bonds. The van der Waals surface area contributed by atoms with Gasteiger partial charge in [0.15, 0.2) is 15.4 Å². The number of para-hydroxylation sites is 2. The molecular weight excluding hydrogens is 529 g/mol. The quantitative estimate of drug-likeness (QED) is 0.492. The van der Waals surface area contributed by atoms with Crippen LogP contribution in [0.2, 0.25) is 0 Å². The van der Waals surface area contributed by atoms with E-state index in [2.05, 4.69) is 10.3 Å². The maximum atomic E-state index is 14.2. The standard InChI is InChI=1S/C26H24N4O4S3/c1-14(31)36-21-20(32)30-22-25(16-9-5-7-11-19(16)28-22,17-12-27-18-10-6-4-8-15(17)18)13-26(30,23(33)29(21)2)37-24(34)35-3/h4-12,21-22,27-28H,13H2,1-3H3/t21-,22+,25+,26-/m0/s1. The highest BCUT2D eigenvalue weighted by atomic mass is 32.2. The molecule has 37 heavy (non-hydrogen) atoms. The van der Waals surface area contributed by atoms with Crippen molar-refractivity contribution in [3.63, 3.8) is 0 Å². The molecule has 1 aromatic heterocycles. The van der Waals surface area contributed by atoms with Crippen LogP contribution in [0.25, 0.3) is 10.9 Å². The first-order chi connectivity index (χ1) is 17.7. The maximum Gasteiger partial charge on any atom is 0.260 e. The van der Waals surface area contributed by atoms with Crippen LogP contribution in [0.1, 0.15) is 24.5 Å². The number of thioether (sulfide) groups is 3. The number of aromatic nitrogens is 1. The number of anilines is 1. The molecule has 4 heterocycles. The van der Waals surface area contributed by atoms with E-state index in [0.717, 1.165) is 63.0 Å². The zero-order chi connectivity index (χ0) is 26.1. The number of piperazine rings is 1. The molecule has 0 radical (unpaired) electrons. The summed E-state index contributed by atoms with van der Waals surface area (Å²) in [6, 6.07) is 15.8. The van der Waals surface area contributed by atoms with Crippen molar-refractivity contribution >= 4 is 73.3 Å². The van der Waals surface area contributed by atoms with E-state index < -0.39 is 21.8 Å². The molecule has 2 aromatic carbocycles. The topological polar surface area (TPSA) is 103 Å². The van der Waals surface area contributed by atoms with Crippen molar-refractivity contribution in [1.82, 2.24) is 14.8 Å². The summed E-state index contributed by atoms with van der Waals surface area (Å²) in [5.74, 6) is -0.720. The third-order valence-corrected chi connectivity index (χ3v) is 10.7. The Labute approximate surface area is 226 Å². The summed E-state index contributed by atoms with van der Waals surface area (Å²) < 4.78 is -0.250. The molecular formula is C26H24N4O4S3. The summed E-state index contributed by atoms with van der Waals surface area (Å²) in [6.45, 7) is 1.38. The Morgan fingerprint density at radius 2 is 1.78 bits per heavy atom. The third kappa shape index (κ3) is 3.26. The Balaban J connectivity index is 1.64. The van der Waals surface area contributed by atoms with Crippen molar-refractivity contribution in [2.75, 3.05) is 18.6 Å². The van der Waals surface area contributed by atoms with Crippen molar-refractivity contribution in [1.29, 1.82) is 0 Å². The molecule has 0 spiro atoms. The zero-order valence-corrected chi connectivity index (χ0v) is 22.8. The molecule has 2 saturated heterocycles. The number of benzene rings is 2. The largest absolute Gasteiger partial charge is 0.364 e. The Bertz CT molecular complexity index is 1490. The lowest BCUT2D eigenvalue weighted by Crippen LogP contribution is -2.68. The Hall–Kier alpha value is -2.89. The van der Waals surface area contributed by atoms with Gasteiger partial charge in [0.1, 0.15) is 6.17 Å². The van der Waals surface area contributed by atoms with Gasteiger partial charge in [0.2, 0.25) is 4.45 Å². The number of H-pyrrole nitrogens is 1. The first kappa shape index (κ1) is 24.4. The lowest BCUT2D eigenvalue weighted by Gasteiger charge is -2.47. The molecule has 4 atom stereocenters. The van der Waals surface area contributed by atoms with Crippen molar-refractivity contribution in [2.24, 2.45) is 0 Å². The molecule has 6 rings (SSSR count). The van der Waals surface area contributed by atoms with Crippen molar-refractivity contribution < 1.29 is 19.2 Å². The van der Waals surface area contributed by atoms with Gasteiger partial charge in [-0.05, 0) is 41.3 Å². The monoisotopic (exact) mass is 552 g/mol. The number of hydrogen-bond donors (Lipinski definition) is 2. The lowest BCUT2D eigenvalue weighted by atomic mass is 9.72. The molecule has 0 saturated carbocycles. The van der Waals surface area contributed by atoms with Crippen LogP contribution in [-0.4, -0.2) is 65.9 Å². The van der Waals surface area contributed by atoms with Gasteiger partial charge in [0.05, 0.1) is 5.41 Å². The lowest BCUT2D eigenvalue weighted by molar-refractivity contribution is -0.157. The predicted octanol–water partition coefficient (Wildman–Crippen LogP) is 4.43. The molecule has 0 aliphatic carbocycles. The van der Waals surface area contributed by atoms with E-state index in [9.17, 15) is 19.2 Å². The van der Waals surface area contributed by atoms with E-state index in [1.807, 2.05) is 54.7 Å². The molecule has 8 nitrogen and oxygen atoms in total. The fraction of sp³-hybridized carbons (Fsp3) is 0.308. The Morgan fingerprint density at radius 3 is 2.54 bits per heavy atom. The zero-order valence-electron chi connectivity index (χ0n) is 20.3. The van der Waals surface area contributed by atoms with E-state index >= 15 is 0 Å². The van der Waals surface area contributed by atoms with E-state index in [1.54, 1.807) is 11.2 Å². The van der Waals surface area contributed by atoms with Crippen molar-refractivity contribution in [2.45, 2.75) is 35.2 Å². The number of likely N-dealkylation sites (N-methyl/N-ethyl adjacent to an activating group) is 1. The summed E-state index contributed by atoms with van der Waals surface area (Å²) in [4.78, 5) is 58.3. The summed E-state index contributed by atoms with van der Waals surface area (Å²) in [6.07, 6.45) is 3.20. The average molecular weight is 553 g/mol. The van der Waals surface area contributed by atoms with Crippen molar-refractivity contribution in [3.05, 3.63) is 65.9 Å². The van der Waals surface area contributed by atoms with Crippen LogP contribution < -0.4 is 5.32 Å². The molecule has 0 unspecified atom stereocenters. The van der Waals surface area contributed by atoms with E-state index in [-0.39, 0.29) is 27.8 Å². The highest BCUT2D eigenvalue weighted by Gasteiger charge is 2.73. The normalized spacial score (nSPS) is 28.2. The Kier molecular flexibility index (Phi) is 5.66. The highest BCUT2D eigenvalue weighted by molar-refractivity contribution is 8.39. The van der Waals surface area contributed by atoms with Crippen LogP contribution in [0.5, 0.6) is 0 Å². The van der Waals surface area contributed by atoms with Gasteiger partial charge in [0, 0.05) is 43.2 Å². The number of nitrogens with one attached hydrogen (secondary N) is 2. The molecule has 190 valence electrons. The predicted molar refractivity (Wildman–Crippen MR) is 148 cm³/mol. The second-order valence-corrected chi connectivity index (χ2v) is 13.0. The van der Waals surface area contributed by atoms with Crippen LogP contribution in [0.4, 0.5) is 10.5 Å². The van der Waals surface area contributed by atoms with Gasteiger partial charge in [-0.25, -0.2) is 0 Å². The fourth-order valence-electron chi connectivity index (χ4n) is 6.14. The Morgan fingerprint density at radius 1 is 1.05 bits per heavy atom. The molecule has 3 aliphatic heterocycles. The van der Waals surface area contributed by atoms with E-state index in [0.29, 0.717) is 0 Å². The fourth-order valence-corrected chi connectivity index (χ4v) is 8.77. The van der Waals surface area contributed by atoms with Crippen LogP contribution in [-0.2, 0) is 19.8 Å². The van der Waals surface area contributed by atoms with Crippen LogP contribution >= 0.6 is 35.3 Å². The van der Waals surface area contributed by atoms with Crippen LogP contribution in [0.3, 0.4) is 0 Å². The molecule has 2 fully saturated rings. The van der Waals surface area contributed by atoms with Gasteiger partial charge in [-0.15, -0.1) is 0 Å². The van der Waals surface area contributed by atoms with Crippen LogP contribution in [0, 0.1) is 0 Å². The number of rotatable bonds is 3. The molecule has 3 aliphatic rings. The number of hydrogen-bond acceptors (Lipinski definition) is 8. The molecule has 3 aromatic rings. The highest BCUT2D eigenvalue weighted by Crippen LogP contribution is 2.63. The van der Waals surface area contributed by atoms with Gasteiger partial charge in [-0.3, -0.25) is 24.1 Å². The molecule has 0 bridgehead atoms. The first-order valence-electron chi connectivity index (χ1n) is 11.7. The van der Waals surface area contributed by atoms with E-state index in [4.69, 9.17) is 0 Å². The number of amides is 2. The third-order valence-electron chi connectivity index (χ3n) is 7.55. The summed E-state index contributed by atoms with van der Waals surface area (Å²) >= 11 is 2.75. The summed E-state index contributed by atoms with van der Waals surface area (Å²) in [5.41, 5.74) is 2.93. The number of nitrogens with zero attached hydrogens (tertiary/aromatic N) is 2. The summed E-state index contributed by atoms with van der Waals surface area (Å²) in [7, 11) is 1.54. The first-order valence-corrected chi connectivity index (χ1v) is 14.6. The second kappa shape index (κ2) is 8.57. The smallest absolute Gasteiger partial charge is 0.260 e. The van der Waals surface area contributed by atoms with Crippen molar-refractivity contribution in [3.8, 4) is 0 Å². The number of carbonyl (C=O) groups excluding carboxylic acids is 4. The van der Waals surface area contributed by atoms with Crippen LogP contribution in [0.15, 0.2) is 54.7 Å². The van der Waals surface area contributed by atoms with Gasteiger partial charge >= 0.3 is 0 Å². The van der Waals surface area contributed by atoms with Gasteiger partial charge in [-0.1, -0.05) is 59.9 Å². The minimum atomic E-state index is -1.47. The molecule has 2 N–H and O–H groups in total. The van der Waals surface area contributed by atoms with Gasteiger partial charge in [-0.2, -0.15) is 0 Å². The average Bonchev–Trinajstić information content (AvgIpc) is 3.53. The second-order valence-electron chi connectivity index (χ2n) is 9.42. The summed E-state index contributed by atoms with van der Waals surface area (Å²) in [5, 5.41) is 3.26. The molecule has 11 heteroatoms. The minimum absolute atomic E-state index is 0.208. The minimum Gasteiger partial charge on any atom is -0.364 e. The maximum absolute atomic E-state index is 14.2. The van der Waals surface area contributed by atoms with E-state index in [1.165, 1.54) is 18.9 Å². The van der Waals surface area contributed by atoms with Gasteiger partial charge < -0.3 is 15.2 Å². The number of carbonyl (C=O) groups is 4. The van der Waals surface area contributed by atoms with Gasteiger partial charge in [0.25, 0.3) is 11.8 Å². The number of fused-ring (bicyclic) bond motifs is 6. The SMILES string of the molecule is CSC(=O)S[C@]12C[C@]3(c4c[nH]c5ccccc45)c4ccccc4N[C@@H]3N1C(=O)[C@H](SC(C)=O)N(C)C2=O.